The predicted molar refractivity (Wildman–Crippen MR) is 122 cm³/mol. The van der Waals surface area contributed by atoms with Crippen LogP contribution in [0.15, 0.2) is 88.8 Å². The van der Waals surface area contributed by atoms with Crippen molar-refractivity contribution in [3.63, 3.8) is 0 Å². The predicted octanol–water partition coefficient (Wildman–Crippen LogP) is 4.96. The number of rotatable bonds is 6. The van der Waals surface area contributed by atoms with Crippen LogP contribution < -0.4 is 10.9 Å². The molecule has 3 aromatic carbocycles. The van der Waals surface area contributed by atoms with Crippen LogP contribution in [-0.2, 0) is 12.3 Å². The van der Waals surface area contributed by atoms with Crippen LogP contribution in [0.4, 0.5) is 5.69 Å². The van der Waals surface area contributed by atoms with Crippen LogP contribution in [0, 0.1) is 0 Å². The number of benzene rings is 3. The molecule has 0 atom stereocenters. The zero-order chi connectivity index (χ0) is 20.9. The first-order valence-electron chi connectivity index (χ1n) is 9.73. The highest BCUT2D eigenvalue weighted by molar-refractivity contribution is 7.98. The molecule has 0 aliphatic carbocycles. The van der Waals surface area contributed by atoms with Crippen molar-refractivity contribution >= 4 is 34.3 Å². The highest BCUT2D eigenvalue weighted by Crippen LogP contribution is 2.22. The Morgan fingerprint density at radius 3 is 2.40 bits per heavy atom. The molecule has 1 amide bonds. The molecule has 0 saturated heterocycles. The third kappa shape index (κ3) is 4.28. The normalized spacial score (nSPS) is 10.8. The molecule has 0 fully saturated rings. The molecule has 0 unspecified atom stereocenters. The summed E-state index contributed by atoms with van der Waals surface area (Å²) in [5.74, 6) is 0.516. The van der Waals surface area contributed by atoms with Gasteiger partial charge in [0.1, 0.15) is 0 Å². The molecule has 1 heterocycles. The number of hydrogen-bond acceptors (Lipinski definition) is 4. The van der Waals surface area contributed by atoms with E-state index in [0.29, 0.717) is 33.9 Å². The van der Waals surface area contributed by atoms with Crippen LogP contribution in [0.5, 0.6) is 0 Å². The second kappa shape index (κ2) is 8.97. The number of para-hydroxylation sites is 2. The van der Waals surface area contributed by atoms with Gasteiger partial charge in [0.05, 0.1) is 10.9 Å². The SMILES string of the molecule is CCn1c(SCc2ccc(C(=O)Nc3ccccc3)cc2)nc2ccccc2c1=O. The molecule has 0 bridgehead atoms. The summed E-state index contributed by atoms with van der Waals surface area (Å²) in [6, 6.07) is 24.3. The average Bonchev–Trinajstić information content (AvgIpc) is 2.79. The number of carbonyl (C=O) groups excluding carboxylic acids is 1. The molecule has 150 valence electrons. The second-order valence-corrected chi connectivity index (χ2v) is 7.71. The number of fused-ring (bicyclic) bond motifs is 1. The molecular weight excluding hydrogens is 394 g/mol. The van der Waals surface area contributed by atoms with E-state index in [1.54, 1.807) is 4.57 Å². The number of nitrogens with zero attached hydrogens (tertiary/aromatic N) is 2. The molecule has 5 nitrogen and oxygen atoms in total. The van der Waals surface area contributed by atoms with Gasteiger partial charge in [-0.2, -0.15) is 0 Å². The van der Waals surface area contributed by atoms with Gasteiger partial charge in [-0.15, -0.1) is 0 Å². The number of hydrogen-bond donors (Lipinski definition) is 1. The van der Waals surface area contributed by atoms with E-state index in [-0.39, 0.29) is 11.5 Å². The molecule has 4 aromatic rings. The van der Waals surface area contributed by atoms with Gasteiger partial charge in [0.15, 0.2) is 5.16 Å². The van der Waals surface area contributed by atoms with Crippen LogP contribution in [0.2, 0.25) is 0 Å². The first-order valence-corrected chi connectivity index (χ1v) is 10.7. The van der Waals surface area contributed by atoms with E-state index in [2.05, 4.69) is 10.3 Å². The molecule has 0 radical (unpaired) electrons. The number of aromatic nitrogens is 2. The minimum absolute atomic E-state index is 0.0152. The molecule has 6 heteroatoms. The lowest BCUT2D eigenvalue weighted by Gasteiger charge is -2.11. The second-order valence-electron chi connectivity index (χ2n) is 6.77. The van der Waals surface area contributed by atoms with E-state index in [1.165, 1.54) is 11.8 Å². The first kappa shape index (κ1) is 19.9. The first-order chi connectivity index (χ1) is 14.7. The van der Waals surface area contributed by atoms with Gasteiger partial charge in [0, 0.05) is 23.5 Å². The standard InChI is InChI=1S/C24H21N3O2S/c1-2-27-23(29)20-10-6-7-11-21(20)26-24(27)30-16-17-12-14-18(15-13-17)22(28)25-19-8-4-3-5-9-19/h3-15H,2,16H2,1H3,(H,25,28). The number of carbonyl (C=O) groups is 1. The van der Waals surface area contributed by atoms with Crippen molar-refractivity contribution in [2.45, 2.75) is 24.4 Å². The smallest absolute Gasteiger partial charge is 0.262 e. The maximum Gasteiger partial charge on any atom is 0.262 e. The highest BCUT2D eigenvalue weighted by atomic mass is 32.2. The summed E-state index contributed by atoms with van der Waals surface area (Å²) in [5, 5.41) is 4.22. The van der Waals surface area contributed by atoms with E-state index in [0.717, 1.165) is 11.3 Å². The zero-order valence-electron chi connectivity index (χ0n) is 16.5. The number of nitrogens with one attached hydrogen (secondary N) is 1. The highest BCUT2D eigenvalue weighted by Gasteiger charge is 2.11. The minimum atomic E-state index is -0.142. The summed E-state index contributed by atoms with van der Waals surface area (Å²) in [4.78, 5) is 29.8. The molecule has 30 heavy (non-hydrogen) atoms. The Balaban J connectivity index is 1.48. The summed E-state index contributed by atoms with van der Waals surface area (Å²) >= 11 is 1.52. The van der Waals surface area contributed by atoms with Crippen molar-refractivity contribution in [2.75, 3.05) is 5.32 Å². The fourth-order valence-corrected chi connectivity index (χ4v) is 4.18. The van der Waals surface area contributed by atoms with Gasteiger partial charge < -0.3 is 5.32 Å². The van der Waals surface area contributed by atoms with Gasteiger partial charge in [-0.1, -0.05) is 54.2 Å². The summed E-state index contributed by atoms with van der Waals surface area (Å²) in [7, 11) is 0. The minimum Gasteiger partial charge on any atom is -0.322 e. The van der Waals surface area contributed by atoms with Crippen LogP contribution >= 0.6 is 11.8 Å². The Labute approximate surface area is 178 Å². The van der Waals surface area contributed by atoms with Gasteiger partial charge in [0.2, 0.25) is 0 Å². The lowest BCUT2D eigenvalue weighted by molar-refractivity contribution is 0.102. The van der Waals surface area contributed by atoms with Gasteiger partial charge in [0.25, 0.3) is 11.5 Å². The maximum absolute atomic E-state index is 12.7. The Bertz CT molecular complexity index is 1240. The molecule has 0 saturated carbocycles. The van der Waals surface area contributed by atoms with Crippen molar-refractivity contribution in [2.24, 2.45) is 0 Å². The van der Waals surface area contributed by atoms with E-state index in [4.69, 9.17) is 0 Å². The Kier molecular flexibility index (Phi) is 5.95. The molecule has 0 spiro atoms. The quantitative estimate of drug-likeness (QED) is 0.357. The van der Waals surface area contributed by atoms with Crippen molar-refractivity contribution in [3.8, 4) is 0 Å². The molecule has 1 aromatic heterocycles. The van der Waals surface area contributed by atoms with Gasteiger partial charge in [-0.3, -0.25) is 14.2 Å². The largest absolute Gasteiger partial charge is 0.322 e. The molecular formula is C24H21N3O2S. The van der Waals surface area contributed by atoms with Gasteiger partial charge in [-0.05, 0) is 48.9 Å². The lowest BCUT2D eigenvalue weighted by Crippen LogP contribution is -2.22. The van der Waals surface area contributed by atoms with Crippen LogP contribution in [-0.4, -0.2) is 15.5 Å². The Morgan fingerprint density at radius 2 is 1.67 bits per heavy atom. The molecule has 4 rings (SSSR count). The van der Waals surface area contributed by atoms with Gasteiger partial charge >= 0.3 is 0 Å². The maximum atomic E-state index is 12.7. The third-order valence-corrected chi connectivity index (χ3v) is 5.81. The topological polar surface area (TPSA) is 64.0 Å². The number of thioether (sulfide) groups is 1. The van der Waals surface area contributed by atoms with Crippen LogP contribution in [0.1, 0.15) is 22.8 Å². The van der Waals surface area contributed by atoms with Crippen molar-refractivity contribution in [1.82, 2.24) is 9.55 Å². The van der Waals surface area contributed by atoms with E-state index < -0.39 is 0 Å². The van der Waals surface area contributed by atoms with Crippen molar-refractivity contribution < 1.29 is 4.79 Å². The molecule has 1 N–H and O–H groups in total. The van der Waals surface area contributed by atoms with Crippen LogP contribution in [0.25, 0.3) is 10.9 Å². The van der Waals surface area contributed by atoms with E-state index in [1.807, 2.05) is 85.8 Å². The number of amides is 1. The van der Waals surface area contributed by atoms with Crippen LogP contribution in [0.3, 0.4) is 0 Å². The van der Waals surface area contributed by atoms with Crippen molar-refractivity contribution in [3.05, 3.63) is 100 Å². The molecule has 0 aliphatic heterocycles. The van der Waals surface area contributed by atoms with Crippen molar-refractivity contribution in [1.29, 1.82) is 0 Å². The fraction of sp³-hybridized carbons (Fsp3) is 0.125. The number of anilines is 1. The third-order valence-electron chi connectivity index (χ3n) is 4.76. The Hall–Kier alpha value is -3.38. The monoisotopic (exact) mass is 415 g/mol. The van der Waals surface area contributed by atoms with E-state index >= 15 is 0 Å². The lowest BCUT2D eigenvalue weighted by atomic mass is 10.1. The molecule has 0 aliphatic rings. The summed E-state index contributed by atoms with van der Waals surface area (Å²) < 4.78 is 1.70. The van der Waals surface area contributed by atoms with E-state index in [9.17, 15) is 9.59 Å². The average molecular weight is 416 g/mol. The zero-order valence-corrected chi connectivity index (χ0v) is 17.4. The summed E-state index contributed by atoms with van der Waals surface area (Å²) in [5.41, 5.74) is 3.12. The summed E-state index contributed by atoms with van der Waals surface area (Å²) in [6.07, 6.45) is 0. The summed E-state index contributed by atoms with van der Waals surface area (Å²) in [6.45, 7) is 2.51. The van der Waals surface area contributed by atoms with Gasteiger partial charge in [-0.25, -0.2) is 4.98 Å². The Morgan fingerprint density at radius 1 is 0.967 bits per heavy atom. The fourth-order valence-electron chi connectivity index (χ4n) is 3.16.